The van der Waals surface area contributed by atoms with Crippen LogP contribution in [0.4, 0.5) is 10.5 Å². The molecule has 0 fully saturated rings. The number of carbonyl (C=O) groups excluding carboxylic acids is 2. The van der Waals surface area contributed by atoms with Gasteiger partial charge in [-0.2, -0.15) is 0 Å². The number of ether oxygens (including phenoxy) is 3. The van der Waals surface area contributed by atoms with Crippen molar-refractivity contribution >= 4 is 17.7 Å². The maximum Gasteiger partial charge on any atom is 0.407 e. The molecule has 1 aromatic carbocycles. The van der Waals surface area contributed by atoms with Crippen molar-refractivity contribution in [3.63, 3.8) is 0 Å². The van der Waals surface area contributed by atoms with Crippen molar-refractivity contribution in [2.24, 2.45) is 0 Å². The number of alkyl carbamates (subject to hydrolysis) is 1. The van der Waals surface area contributed by atoms with E-state index in [4.69, 9.17) is 14.2 Å². The molecule has 0 heterocycles. The minimum absolute atomic E-state index is 0.163. The Balaban J connectivity index is 2.78. The summed E-state index contributed by atoms with van der Waals surface area (Å²) in [6.07, 6.45) is -0.521. The minimum atomic E-state index is -0.566. The zero-order chi connectivity index (χ0) is 18.3. The van der Waals surface area contributed by atoms with Crippen molar-refractivity contribution in [3.8, 4) is 11.5 Å². The van der Waals surface area contributed by atoms with Crippen LogP contribution in [0.2, 0.25) is 0 Å². The Kier molecular flexibility index (Phi) is 6.88. The molecule has 7 heteroatoms. The number of hydrogen-bond acceptors (Lipinski definition) is 5. The molecule has 0 unspecified atom stereocenters. The molecule has 0 aliphatic heterocycles. The van der Waals surface area contributed by atoms with Gasteiger partial charge < -0.3 is 24.4 Å². The van der Waals surface area contributed by atoms with Crippen molar-refractivity contribution < 1.29 is 23.8 Å². The van der Waals surface area contributed by atoms with Crippen LogP contribution in [-0.2, 0) is 9.53 Å². The summed E-state index contributed by atoms with van der Waals surface area (Å²) in [6, 6.07) is 5.19. The van der Waals surface area contributed by atoms with Crippen molar-refractivity contribution in [2.45, 2.75) is 33.3 Å². The van der Waals surface area contributed by atoms with Crippen LogP contribution in [0.3, 0.4) is 0 Å². The van der Waals surface area contributed by atoms with Crippen LogP contribution >= 0.6 is 0 Å². The Bertz CT molecular complexity index is 581. The van der Waals surface area contributed by atoms with Crippen LogP contribution in [0.1, 0.15) is 27.7 Å². The number of nitrogens with zero attached hydrogens (tertiary/aromatic N) is 1. The van der Waals surface area contributed by atoms with Gasteiger partial charge in [0.05, 0.1) is 19.9 Å². The lowest BCUT2D eigenvalue weighted by Crippen LogP contribution is -2.39. The number of nitrogens with one attached hydrogen (secondary N) is 1. The normalized spacial score (nSPS) is 10.8. The van der Waals surface area contributed by atoms with Crippen LogP contribution in [0, 0.1) is 0 Å². The summed E-state index contributed by atoms with van der Waals surface area (Å²) in [7, 11) is 3.08. The van der Waals surface area contributed by atoms with Gasteiger partial charge in [0, 0.05) is 26.1 Å². The van der Waals surface area contributed by atoms with Gasteiger partial charge in [0.1, 0.15) is 17.1 Å². The number of amides is 2. The van der Waals surface area contributed by atoms with Crippen LogP contribution < -0.4 is 19.7 Å². The lowest BCUT2D eigenvalue weighted by Gasteiger charge is -2.24. The molecule has 0 saturated heterocycles. The number of hydrogen-bond donors (Lipinski definition) is 1. The molecular weight excluding hydrogens is 312 g/mol. The average Bonchev–Trinajstić information content (AvgIpc) is 2.49. The molecule has 7 nitrogen and oxygen atoms in total. The number of benzene rings is 1. The summed E-state index contributed by atoms with van der Waals surface area (Å²) in [5.41, 5.74) is 0.0422. The lowest BCUT2D eigenvalue weighted by molar-refractivity contribution is -0.116. The van der Waals surface area contributed by atoms with E-state index in [0.717, 1.165) is 0 Å². The van der Waals surface area contributed by atoms with Gasteiger partial charge in [-0.15, -0.1) is 0 Å². The quantitative estimate of drug-likeness (QED) is 0.863. The van der Waals surface area contributed by atoms with E-state index in [1.165, 1.54) is 18.9 Å². The fourth-order valence-corrected chi connectivity index (χ4v) is 2.04. The molecule has 2 amide bonds. The molecule has 0 radical (unpaired) electrons. The first kappa shape index (κ1) is 19.6. The highest BCUT2D eigenvalue weighted by atomic mass is 16.6. The maximum atomic E-state index is 12.0. The van der Waals surface area contributed by atoms with Crippen LogP contribution in [0.25, 0.3) is 0 Å². The summed E-state index contributed by atoms with van der Waals surface area (Å²) in [5, 5.41) is 2.63. The van der Waals surface area contributed by atoms with Crippen molar-refractivity contribution in [1.29, 1.82) is 0 Å². The molecule has 24 heavy (non-hydrogen) atoms. The van der Waals surface area contributed by atoms with E-state index in [9.17, 15) is 9.59 Å². The maximum absolute atomic E-state index is 12.0. The summed E-state index contributed by atoms with van der Waals surface area (Å²) in [5.74, 6) is 0.984. The molecule has 0 aliphatic rings. The fourth-order valence-electron chi connectivity index (χ4n) is 2.04. The van der Waals surface area contributed by atoms with E-state index >= 15 is 0 Å². The first-order valence-corrected chi connectivity index (χ1v) is 7.65. The van der Waals surface area contributed by atoms with Gasteiger partial charge >= 0.3 is 6.09 Å². The second-order valence-electron chi connectivity index (χ2n) is 6.14. The molecule has 0 saturated carbocycles. The third kappa shape index (κ3) is 5.98. The SMILES string of the molecule is COc1ccc(N(CCNC(=O)OC(C)(C)C)C(C)=O)c(OC)c1. The molecule has 0 bridgehead atoms. The summed E-state index contributed by atoms with van der Waals surface area (Å²) >= 11 is 0. The molecule has 1 rings (SSSR count). The first-order chi connectivity index (χ1) is 11.2. The predicted molar refractivity (Wildman–Crippen MR) is 91.8 cm³/mol. The Morgan fingerprint density at radius 1 is 1.17 bits per heavy atom. The second-order valence-corrected chi connectivity index (χ2v) is 6.14. The molecular formula is C17H26N2O5. The Morgan fingerprint density at radius 3 is 2.33 bits per heavy atom. The third-order valence-corrected chi connectivity index (χ3v) is 3.06. The number of carbonyl (C=O) groups is 2. The highest BCUT2D eigenvalue weighted by molar-refractivity contribution is 5.93. The zero-order valence-corrected chi connectivity index (χ0v) is 15.1. The van der Waals surface area contributed by atoms with E-state index in [1.807, 2.05) is 0 Å². The smallest absolute Gasteiger partial charge is 0.407 e. The van der Waals surface area contributed by atoms with Gasteiger partial charge in [-0.1, -0.05) is 0 Å². The van der Waals surface area contributed by atoms with Gasteiger partial charge in [0.15, 0.2) is 0 Å². The topological polar surface area (TPSA) is 77.1 Å². The molecule has 134 valence electrons. The average molecular weight is 338 g/mol. The Morgan fingerprint density at radius 2 is 1.83 bits per heavy atom. The molecule has 1 aromatic rings. The number of rotatable bonds is 6. The molecule has 0 atom stereocenters. The first-order valence-electron chi connectivity index (χ1n) is 7.65. The predicted octanol–water partition coefficient (Wildman–Crippen LogP) is 2.58. The molecule has 0 spiro atoms. The van der Waals surface area contributed by atoms with Crippen molar-refractivity contribution in [2.75, 3.05) is 32.2 Å². The minimum Gasteiger partial charge on any atom is -0.497 e. The van der Waals surface area contributed by atoms with Crippen molar-refractivity contribution in [3.05, 3.63) is 18.2 Å². The third-order valence-electron chi connectivity index (χ3n) is 3.06. The van der Waals surface area contributed by atoms with E-state index < -0.39 is 11.7 Å². The summed E-state index contributed by atoms with van der Waals surface area (Å²) in [4.78, 5) is 25.2. The van der Waals surface area contributed by atoms with E-state index in [0.29, 0.717) is 17.2 Å². The Labute approximate surface area is 142 Å². The highest BCUT2D eigenvalue weighted by Crippen LogP contribution is 2.32. The van der Waals surface area contributed by atoms with E-state index in [1.54, 1.807) is 46.1 Å². The van der Waals surface area contributed by atoms with Crippen LogP contribution in [0.15, 0.2) is 18.2 Å². The van der Waals surface area contributed by atoms with Gasteiger partial charge in [-0.3, -0.25) is 4.79 Å². The summed E-state index contributed by atoms with van der Waals surface area (Å²) in [6.45, 7) is 7.36. The molecule has 1 N–H and O–H groups in total. The standard InChI is InChI=1S/C17H26N2O5/c1-12(20)19(10-9-18-16(21)24-17(2,3)4)14-8-7-13(22-5)11-15(14)23-6/h7-8,11H,9-10H2,1-6H3,(H,18,21). The zero-order valence-electron chi connectivity index (χ0n) is 15.1. The molecule has 0 aromatic heterocycles. The highest BCUT2D eigenvalue weighted by Gasteiger charge is 2.19. The van der Waals surface area contributed by atoms with Gasteiger partial charge in [0.25, 0.3) is 0 Å². The number of anilines is 1. The lowest BCUT2D eigenvalue weighted by atomic mass is 10.2. The monoisotopic (exact) mass is 338 g/mol. The largest absolute Gasteiger partial charge is 0.497 e. The van der Waals surface area contributed by atoms with Crippen LogP contribution in [-0.4, -0.2) is 44.9 Å². The number of methoxy groups -OCH3 is 2. The van der Waals surface area contributed by atoms with E-state index in [2.05, 4.69) is 5.32 Å². The second kappa shape index (κ2) is 8.42. The Hall–Kier alpha value is -2.44. The van der Waals surface area contributed by atoms with E-state index in [-0.39, 0.29) is 19.0 Å². The van der Waals surface area contributed by atoms with Gasteiger partial charge in [-0.05, 0) is 32.9 Å². The van der Waals surface area contributed by atoms with Crippen molar-refractivity contribution in [1.82, 2.24) is 5.32 Å². The van der Waals surface area contributed by atoms with Gasteiger partial charge in [-0.25, -0.2) is 4.79 Å². The molecule has 0 aliphatic carbocycles. The van der Waals surface area contributed by atoms with Crippen LogP contribution in [0.5, 0.6) is 11.5 Å². The fraction of sp³-hybridized carbons (Fsp3) is 0.529. The van der Waals surface area contributed by atoms with Gasteiger partial charge in [0.2, 0.25) is 5.91 Å². The summed E-state index contributed by atoms with van der Waals surface area (Å²) < 4.78 is 15.6.